The number of carbonyl (C=O) groups excluding carboxylic acids is 1. The fourth-order valence-corrected chi connectivity index (χ4v) is 5.60. The summed E-state index contributed by atoms with van der Waals surface area (Å²) < 4.78 is 5.59. The smallest absolute Gasteiger partial charge is 0.264 e. The molecule has 1 amide bonds. The van der Waals surface area contributed by atoms with Gasteiger partial charge in [0.25, 0.3) is 5.91 Å². The monoisotopic (exact) mass is 439 g/mol. The molecule has 1 aliphatic rings. The van der Waals surface area contributed by atoms with Crippen molar-refractivity contribution in [3.8, 4) is 5.75 Å². The fourth-order valence-electron chi connectivity index (χ4n) is 4.38. The van der Waals surface area contributed by atoms with Gasteiger partial charge >= 0.3 is 0 Å². The van der Waals surface area contributed by atoms with E-state index in [1.165, 1.54) is 22.5 Å². The summed E-state index contributed by atoms with van der Waals surface area (Å²) in [5.74, 6) is 1.16. The van der Waals surface area contributed by atoms with E-state index in [-0.39, 0.29) is 18.4 Å². The van der Waals surface area contributed by atoms with Crippen LogP contribution in [0.5, 0.6) is 5.75 Å². The Bertz CT molecular complexity index is 1080. The Kier molecular flexibility index (Phi) is 6.55. The number of rotatable bonds is 7. The number of carbonyl (C=O) groups is 1. The van der Waals surface area contributed by atoms with Gasteiger partial charge in [0.2, 0.25) is 0 Å². The van der Waals surface area contributed by atoms with Crippen LogP contribution in [0.25, 0.3) is 10.2 Å². The predicted octanol–water partition coefficient (Wildman–Crippen LogP) is 3.67. The Morgan fingerprint density at radius 1 is 1.39 bits per heavy atom. The predicted molar refractivity (Wildman–Crippen MR) is 124 cm³/mol. The van der Waals surface area contributed by atoms with Crippen LogP contribution < -0.4 is 4.74 Å². The van der Waals surface area contributed by atoms with E-state index in [1.807, 2.05) is 6.07 Å². The molecule has 3 heterocycles. The highest BCUT2D eigenvalue weighted by Gasteiger charge is 2.32. The molecule has 0 bridgehead atoms. The maximum atomic E-state index is 13.1. The normalized spacial score (nSPS) is 16.7. The molecule has 1 aliphatic heterocycles. The molecule has 2 aromatic heterocycles. The quantitative estimate of drug-likeness (QED) is 0.609. The van der Waals surface area contributed by atoms with E-state index in [2.05, 4.69) is 41.1 Å². The second-order valence-corrected chi connectivity index (χ2v) is 9.19. The van der Waals surface area contributed by atoms with Gasteiger partial charge in [-0.15, -0.1) is 11.3 Å². The molecule has 0 aliphatic carbocycles. The van der Waals surface area contributed by atoms with Crippen molar-refractivity contribution in [2.45, 2.75) is 25.8 Å². The highest BCUT2D eigenvalue weighted by molar-refractivity contribution is 7.20. The number of likely N-dealkylation sites (tertiary alicyclic amines) is 1. The van der Waals surface area contributed by atoms with Crippen LogP contribution in [0.2, 0.25) is 0 Å². The van der Waals surface area contributed by atoms with Crippen LogP contribution in [0.3, 0.4) is 0 Å². The first-order chi connectivity index (χ1) is 15.0. The van der Waals surface area contributed by atoms with Crippen molar-refractivity contribution in [1.82, 2.24) is 14.8 Å². The number of aliphatic hydroxyl groups is 1. The summed E-state index contributed by atoms with van der Waals surface area (Å²) in [4.78, 5) is 23.3. The number of aromatic nitrogens is 1. The van der Waals surface area contributed by atoms with Gasteiger partial charge < -0.3 is 14.7 Å². The van der Waals surface area contributed by atoms with Gasteiger partial charge in [0.05, 0.1) is 18.6 Å². The average molecular weight is 440 g/mol. The maximum absolute atomic E-state index is 13.1. The van der Waals surface area contributed by atoms with E-state index < -0.39 is 0 Å². The van der Waals surface area contributed by atoms with E-state index in [1.54, 1.807) is 25.3 Å². The minimum absolute atomic E-state index is 0.0364. The van der Waals surface area contributed by atoms with Crippen LogP contribution in [0.15, 0.2) is 36.5 Å². The number of amides is 1. The van der Waals surface area contributed by atoms with Crippen molar-refractivity contribution in [3.05, 3.63) is 58.1 Å². The topological polar surface area (TPSA) is 65.9 Å². The highest BCUT2D eigenvalue weighted by atomic mass is 32.1. The lowest BCUT2D eigenvalue weighted by atomic mass is 9.95. The number of aryl methyl sites for hydroxylation is 1. The zero-order valence-corrected chi connectivity index (χ0v) is 19.1. The molecule has 7 heteroatoms. The summed E-state index contributed by atoms with van der Waals surface area (Å²) in [5, 5.41) is 10.3. The lowest BCUT2D eigenvalue weighted by molar-refractivity contribution is 0.0770. The highest BCUT2D eigenvalue weighted by Crippen LogP contribution is 2.40. The number of fused-ring (bicyclic) bond motifs is 1. The van der Waals surface area contributed by atoms with E-state index in [9.17, 15) is 9.90 Å². The van der Waals surface area contributed by atoms with Crippen LogP contribution >= 0.6 is 11.3 Å². The van der Waals surface area contributed by atoms with E-state index in [0.717, 1.165) is 52.5 Å². The van der Waals surface area contributed by atoms with Crippen molar-refractivity contribution in [2.75, 3.05) is 40.4 Å². The van der Waals surface area contributed by atoms with Gasteiger partial charge in [0, 0.05) is 49.7 Å². The molecule has 6 nitrogen and oxygen atoms in total. The van der Waals surface area contributed by atoms with Gasteiger partial charge in [-0.3, -0.25) is 9.69 Å². The number of benzene rings is 1. The minimum atomic E-state index is -0.0453. The number of ether oxygens (including phenoxy) is 1. The summed E-state index contributed by atoms with van der Waals surface area (Å²) in [7, 11) is 3.46. The Morgan fingerprint density at radius 3 is 3.00 bits per heavy atom. The van der Waals surface area contributed by atoms with Crippen molar-refractivity contribution < 1.29 is 14.6 Å². The zero-order valence-electron chi connectivity index (χ0n) is 18.3. The Balaban J connectivity index is 1.61. The van der Waals surface area contributed by atoms with Crippen molar-refractivity contribution >= 4 is 27.5 Å². The van der Waals surface area contributed by atoms with Gasteiger partial charge in [0.1, 0.15) is 10.6 Å². The molecule has 4 rings (SSSR count). The van der Waals surface area contributed by atoms with Crippen LogP contribution in [0.4, 0.5) is 0 Å². The number of likely N-dealkylation sites (N-methyl/N-ethyl adjacent to an activating group) is 1. The van der Waals surface area contributed by atoms with Crippen molar-refractivity contribution in [1.29, 1.82) is 0 Å². The molecule has 3 aromatic rings. The molecule has 0 radical (unpaired) electrons. The van der Waals surface area contributed by atoms with Crippen LogP contribution in [0.1, 0.15) is 38.7 Å². The first-order valence-electron chi connectivity index (χ1n) is 10.6. The van der Waals surface area contributed by atoms with Crippen LogP contribution in [0, 0.1) is 6.92 Å². The summed E-state index contributed by atoms with van der Waals surface area (Å²) >= 11 is 1.46. The second kappa shape index (κ2) is 9.34. The molecule has 1 atom stereocenters. The van der Waals surface area contributed by atoms with Gasteiger partial charge in [-0.1, -0.05) is 18.2 Å². The minimum Gasteiger partial charge on any atom is -0.496 e. The molecule has 1 N–H and O–H groups in total. The van der Waals surface area contributed by atoms with Crippen LogP contribution in [-0.4, -0.2) is 66.2 Å². The number of hydrogen-bond donors (Lipinski definition) is 1. The van der Waals surface area contributed by atoms with Gasteiger partial charge in [-0.05, 0) is 43.1 Å². The zero-order chi connectivity index (χ0) is 22.0. The number of pyridine rings is 1. The fraction of sp³-hybridized carbons (Fsp3) is 0.417. The van der Waals surface area contributed by atoms with Gasteiger partial charge in [0.15, 0.2) is 0 Å². The van der Waals surface area contributed by atoms with Gasteiger partial charge in [-0.25, -0.2) is 4.98 Å². The summed E-state index contributed by atoms with van der Waals surface area (Å²) in [6.45, 7) is 5.04. The summed E-state index contributed by atoms with van der Waals surface area (Å²) in [6, 6.07) is 10.4. The third kappa shape index (κ3) is 4.44. The standard InChI is InChI=1S/C24H29N3O3S/c1-16-6-7-17(20(13-16)30-3)14-27-10-8-18(15-27)21-19-5-4-9-25-23(19)31-22(21)24(29)26(2)11-12-28/h4-7,9,13,18,28H,8,10-12,14-15H2,1-3H3/t18-/m1/s1. The summed E-state index contributed by atoms with van der Waals surface area (Å²) in [5.41, 5.74) is 3.48. The molecule has 1 fully saturated rings. The Labute approximate surface area is 187 Å². The molecule has 0 saturated carbocycles. The van der Waals surface area contributed by atoms with E-state index >= 15 is 0 Å². The van der Waals surface area contributed by atoms with Crippen molar-refractivity contribution in [2.24, 2.45) is 0 Å². The lowest BCUT2D eigenvalue weighted by Crippen LogP contribution is -2.29. The molecular formula is C24H29N3O3S. The number of thiophene rings is 1. The number of hydrogen-bond acceptors (Lipinski definition) is 6. The first kappa shape index (κ1) is 21.7. The second-order valence-electron chi connectivity index (χ2n) is 8.19. The molecule has 0 spiro atoms. The van der Waals surface area contributed by atoms with E-state index in [4.69, 9.17) is 4.74 Å². The summed E-state index contributed by atoms with van der Waals surface area (Å²) in [6.07, 6.45) is 2.78. The average Bonchev–Trinajstić information content (AvgIpc) is 3.38. The van der Waals surface area contributed by atoms with E-state index in [0.29, 0.717) is 6.54 Å². The molecule has 164 valence electrons. The van der Waals surface area contributed by atoms with Crippen LogP contribution in [-0.2, 0) is 6.54 Å². The molecule has 1 aromatic carbocycles. The number of nitrogens with zero attached hydrogens (tertiary/aromatic N) is 3. The lowest BCUT2D eigenvalue weighted by Gasteiger charge is -2.20. The molecule has 1 saturated heterocycles. The molecular weight excluding hydrogens is 410 g/mol. The van der Waals surface area contributed by atoms with Gasteiger partial charge in [-0.2, -0.15) is 0 Å². The third-order valence-corrected chi connectivity index (χ3v) is 7.12. The Morgan fingerprint density at radius 2 is 2.23 bits per heavy atom. The maximum Gasteiger partial charge on any atom is 0.264 e. The Hall–Kier alpha value is -2.48. The molecule has 0 unspecified atom stereocenters. The third-order valence-electron chi connectivity index (χ3n) is 6.00. The van der Waals surface area contributed by atoms with Crippen molar-refractivity contribution in [3.63, 3.8) is 0 Å². The number of aliphatic hydroxyl groups excluding tert-OH is 1. The number of methoxy groups -OCH3 is 1. The SMILES string of the molecule is COc1cc(C)ccc1CN1CC[C@@H](c2c(C(=O)N(C)CCO)sc3ncccc23)C1. The first-order valence-corrected chi connectivity index (χ1v) is 11.4. The largest absolute Gasteiger partial charge is 0.496 e. The molecule has 31 heavy (non-hydrogen) atoms.